The zero-order chi connectivity index (χ0) is 20.6. The first-order chi connectivity index (χ1) is 13.1. The third-order valence-corrected chi connectivity index (χ3v) is 7.87. The second-order valence-electron chi connectivity index (χ2n) is 6.66. The fraction of sp³-hybridized carbons (Fsp3) is 0.263. The smallest absolute Gasteiger partial charge is 0.269 e. The Kier molecular flexibility index (Phi) is 6.61. The van der Waals surface area contributed by atoms with E-state index in [1.165, 1.54) is 3.97 Å². The number of rotatable bonds is 6. The van der Waals surface area contributed by atoms with E-state index >= 15 is 0 Å². The minimum Gasteiger partial charge on any atom is -0.490 e. The SMILES string of the molecule is Cc1ccc(S(=O)(=O)n2cc(OCCN(C)C)c3cc(Br)cc(Br)c32)c(Br)c1. The summed E-state index contributed by atoms with van der Waals surface area (Å²) in [5.41, 5.74) is 1.51. The molecule has 5 nitrogen and oxygen atoms in total. The molecule has 0 atom stereocenters. The molecule has 0 amide bonds. The second-order valence-corrected chi connectivity index (χ2v) is 11.1. The standard InChI is InChI=1S/C19H19Br3N2O3S/c1-12-4-5-18(15(21)8-12)28(25,26)24-11-17(27-7-6-23(2)3)14-9-13(20)10-16(22)19(14)24/h4-5,8-11H,6-7H2,1-3H3. The lowest BCUT2D eigenvalue weighted by molar-refractivity contribution is 0.263. The predicted octanol–water partition coefficient (Wildman–Crippen LogP) is 5.41. The molecule has 0 aliphatic rings. The summed E-state index contributed by atoms with van der Waals surface area (Å²) in [6.07, 6.45) is 1.54. The Hall–Kier alpha value is -0.870. The molecule has 0 N–H and O–H groups in total. The van der Waals surface area contributed by atoms with Gasteiger partial charge < -0.3 is 9.64 Å². The van der Waals surface area contributed by atoms with Gasteiger partial charge in [0.15, 0.2) is 0 Å². The number of benzene rings is 2. The van der Waals surface area contributed by atoms with Crippen molar-refractivity contribution in [3.8, 4) is 5.75 Å². The van der Waals surface area contributed by atoms with Crippen LogP contribution in [0.5, 0.6) is 5.75 Å². The Morgan fingerprint density at radius 3 is 2.43 bits per heavy atom. The normalized spacial score (nSPS) is 12.1. The van der Waals surface area contributed by atoms with Crippen molar-refractivity contribution in [2.45, 2.75) is 11.8 Å². The van der Waals surface area contributed by atoms with Crippen molar-refractivity contribution in [1.82, 2.24) is 8.87 Å². The molecule has 0 spiro atoms. The topological polar surface area (TPSA) is 51.5 Å². The van der Waals surface area contributed by atoms with E-state index in [9.17, 15) is 8.42 Å². The van der Waals surface area contributed by atoms with E-state index in [1.54, 1.807) is 24.4 Å². The molecule has 150 valence electrons. The number of hydrogen-bond donors (Lipinski definition) is 0. The maximum Gasteiger partial charge on any atom is 0.269 e. The van der Waals surface area contributed by atoms with Crippen LogP contribution in [0.3, 0.4) is 0 Å². The van der Waals surface area contributed by atoms with Crippen LogP contribution in [0.2, 0.25) is 0 Å². The van der Waals surface area contributed by atoms with Crippen molar-refractivity contribution >= 4 is 68.7 Å². The van der Waals surface area contributed by atoms with Crippen molar-refractivity contribution < 1.29 is 13.2 Å². The molecular weight excluding hydrogens is 576 g/mol. The highest BCUT2D eigenvalue weighted by molar-refractivity contribution is 9.11. The third-order valence-electron chi connectivity index (χ3n) is 4.17. The number of hydrogen-bond acceptors (Lipinski definition) is 4. The molecular formula is C19H19Br3N2O3S. The average Bonchev–Trinajstić information content (AvgIpc) is 2.94. The molecule has 1 heterocycles. The Morgan fingerprint density at radius 2 is 1.79 bits per heavy atom. The van der Waals surface area contributed by atoms with Gasteiger partial charge in [0.1, 0.15) is 17.3 Å². The Morgan fingerprint density at radius 1 is 1.07 bits per heavy atom. The molecule has 3 aromatic rings. The van der Waals surface area contributed by atoms with Gasteiger partial charge in [-0.15, -0.1) is 0 Å². The van der Waals surface area contributed by atoms with Crippen LogP contribution in [0.4, 0.5) is 0 Å². The summed E-state index contributed by atoms with van der Waals surface area (Å²) < 4.78 is 36.1. The largest absolute Gasteiger partial charge is 0.490 e. The monoisotopic (exact) mass is 592 g/mol. The van der Waals surface area contributed by atoms with Crippen molar-refractivity contribution in [2.75, 3.05) is 27.2 Å². The zero-order valence-electron chi connectivity index (χ0n) is 15.5. The van der Waals surface area contributed by atoms with Crippen molar-refractivity contribution in [3.63, 3.8) is 0 Å². The summed E-state index contributed by atoms with van der Waals surface area (Å²) in [5.74, 6) is 0.519. The number of ether oxygens (including phenoxy) is 1. The first-order valence-corrected chi connectivity index (χ1v) is 12.2. The summed E-state index contributed by atoms with van der Waals surface area (Å²) in [6, 6.07) is 8.87. The van der Waals surface area contributed by atoms with Crippen molar-refractivity contribution in [1.29, 1.82) is 0 Å². The molecule has 3 rings (SSSR count). The Bertz CT molecular complexity index is 1140. The molecule has 0 radical (unpaired) electrons. The highest BCUT2D eigenvalue weighted by Gasteiger charge is 2.25. The van der Waals surface area contributed by atoms with Gasteiger partial charge in [0.2, 0.25) is 0 Å². The lowest BCUT2D eigenvalue weighted by Gasteiger charge is -2.11. The summed E-state index contributed by atoms with van der Waals surface area (Å²) in [4.78, 5) is 2.20. The van der Waals surface area contributed by atoms with Gasteiger partial charge >= 0.3 is 0 Å². The van der Waals surface area contributed by atoms with E-state index in [0.29, 0.717) is 32.2 Å². The van der Waals surface area contributed by atoms with Gasteiger partial charge in [-0.2, -0.15) is 0 Å². The number of likely N-dealkylation sites (N-methyl/N-ethyl adjacent to an activating group) is 1. The molecule has 0 saturated carbocycles. The molecule has 28 heavy (non-hydrogen) atoms. The minimum absolute atomic E-state index is 0.199. The lowest BCUT2D eigenvalue weighted by atomic mass is 10.2. The van der Waals surface area contributed by atoms with Crippen LogP contribution in [0.25, 0.3) is 10.9 Å². The van der Waals surface area contributed by atoms with Gasteiger partial charge in [-0.05, 0) is 82.7 Å². The van der Waals surface area contributed by atoms with E-state index in [2.05, 4.69) is 47.8 Å². The molecule has 0 saturated heterocycles. The first kappa shape index (κ1) is 21.8. The average molecular weight is 595 g/mol. The maximum absolute atomic E-state index is 13.4. The van der Waals surface area contributed by atoms with Crippen LogP contribution < -0.4 is 4.74 Å². The molecule has 0 aliphatic carbocycles. The van der Waals surface area contributed by atoms with Gasteiger partial charge in [0, 0.05) is 25.3 Å². The van der Waals surface area contributed by atoms with Crippen LogP contribution >= 0.6 is 47.8 Å². The van der Waals surface area contributed by atoms with Crippen LogP contribution in [-0.4, -0.2) is 44.5 Å². The highest BCUT2D eigenvalue weighted by Crippen LogP contribution is 2.39. The number of fused-ring (bicyclic) bond motifs is 1. The maximum atomic E-state index is 13.4. The Balaban J connectivity index is 2.20. The molecule has 1 aromatic heterocycles. The van der Waals surface area contributed by atoms with Gasteiger partial charge in [0.05, 0.1) is 11.7 Å². The van der Waals surface area contributed by atoms with E-state index in [4.69, 9.17) is 4.74 Å². The predicted molar refractivity (Wildman–Crippen MR) is 123 cm³/mol. The lowest BCUT2D eigenvalue weighted by Crippen LogP contribution is -2.19. The molecule has 2 aromatic carbocycles. The van der Waals surface area contributed by atoms with Gasteiger partial charge in [-0.25, -0.2) is 12.4 Å². The quantitative estimate of drug-likeness (QED) is 0.383. The van der Waals surface area contributed by atoms with Gasteiger partial charge in [-0.1, -0.05) is 22.0 Å². The van der Waals surface area contributed by atoms with E-state index in [1.807, 2.05) is 38.1 Å². The fourth-order valence-electron chi connectivity index (χ4n) is 2.78. The number of aromatic nitrogens is 1. The molecule has 0 unspecified atom stereocenters. The molecule has 0 aliphatic heterocycles. The highest BCUT2D eigenvalue weighted by atomic mass is 79.9. The van der Waals surface area contributed by atoms with Crippen LogP contribution in [-0.2, 0) is 10.0 Å². The zero-order valence-corrected chi connectivity index (χ0v) is 21.1. The summed E-state index contributed by atoms with van der Waals surface area (Å²) >= 11 is 10.4. The Labute approximate surface area is 190 Å². The van der Waals surface area contributed by atoms with Crippen LogP contribution in [0, 0.1) is 6.92 Å². The van der Waals surface area contributed by atoms with Crippen molar-refractivity contribution in [2.24, 2.45) is 0 Å². The summed E-state index contributed by atoms with van der Waals surface area (Å²) in [5, 5.41) is 0.715. The minimum atomic E-state index is -3.83. The van der Waals surface area contributed by atoms with Crippen molar-refractivity contribution in [3.05, 3.63) is 55.5 Å². The first-order valence-electron chi connectivity index (χ1n) is 8.40. The number of nitrogens with zero attached hydrogens (tertiary/aromatic N) is 2. The molecule has 9 heteroatoms. The van der Waals surface area contributed by atoms with Crippen LogP contribution in [0.15, 0.2) is 54.8 Å². The van der Waals surface area contributed by atoms with Gasteiger partial charge in [0.25, 0.3) is 10.0 Å². The fourth-order valence-corrected chi connectivity index (χ4v) is 6.85. The van der Waals surface area contributed by atoms with Gasteiger partial charge in [-0.3, -0.25) is 0 Å². The molecule has 0 fully saturated rings. The van der Waals surface area contributed by atoms with Crippen LogP contribution in [0.1, 0.15) is 5.56 Å². The van der Waals surface area contributed by atoms with E-state index in [0.717, 1.165) is 16.6 Å². The summed E-state index contributed by atoms with van der Waals surface area (Å²) in [6.45, 7) is 3.08. The van der Waals surface area contributed by atoms with E-state index in [-0.39, 0.29) is 4.90 Å². The third kappa shape index (κ3) is 4.33. The van der Waals surface area contributed by atoms with E-state index < -0.39 is 10.0 Å². The second kappa shape index (κ2) is 8.47. The number of halogens is 3. The summed E-state index contributed by atoms with van der Waals surface area (Å²) in [7, 11) is 0.0802. The number of aryl methyl sites for hydroxylation is 1. The molecule has 0 bridgehead atoms.